The number of carbonyl (C=O) groups excluding carboxylic acids is 2. The zero-order chi connectivity index (χ0) is 12.8. The van der Waals surface area contributed by atoms with Crippen LogP contribution in [0.4, 0.5) is 0 Å². The molecule has 0 radical (unpaired) electrons. The Labute approximate surface area is 106 Å². The minimum atomic E-state index is -0.777. The number of nitrogens with zero attached hydrogens (tertiary/aromatic N) is 2. The van der Waals surface area contributed by atoms with E-state index in [0.717, 1.165) is 11.9 Å². The van der Waals surface area contributed by atoms with Gasteiger partial charge in [-0.3, -0.25) is 9.59 Å². The van der Waals surface area contributed by atoms with Crippen LogP contribution in [0.25, 0.3) is 0 Å². The average molecular weight is 280 g/mol. The molecule has 0 aromatic carbocycles. The molecule has 4 N–H and O–H groups in total. The Morgan fingerprint density at radius 2 is 2.47 bits per heavy atom. The van der Waals surface area contributed by atoms with Crippen LogP contribution >= 0.6 is 23.5 Å². The van der Waals surface area contributed by atoms with Crippen LogP contribution in [0, 0.1) is 0 Å². The molecule has 94 valence electrons. The number of amidine groups is 1. The van der Waals surface area contributed by atoms with Crippen LogP contribution in [-0.4, -0.2) is 35.6 Å². The summed E-state index contributed by atoms with van der Waals surface area (Å²) in [4.78, 5) is 29.2. The largest absolute Gasteiger partial charge is 0.397 e. The Bertz CT molecular complexity index is 386. The number of primary amides is 1. The number of hydrazine groups is 1. The molecule has 2 amide bonds. The van der Waals surface area contributed by atoms with Crippen LogP contribution in [0.2, 0.25) is 0 Å². The smallest absolute Gasteiger partial charge is 0.289 e. The fourth-order valence-corrected chi connectivity index (χ4v) is 1.62. The van der Waals surface area contributed by atoms with Gasteiger partial charge in [-0.1, -0.05) is 5.16 Å². The highest BCUT2D eigenvalue weighted by atomic mass is 35.5. The minimum absolute atomic E-state index is 0.143. The number of carbonyl (C=O) groups is 2. The monoisotopic (exact) mass is 279 g/mol. The number of hydrogen-bond acceptors (Lipinski definition) is 6. The normalized spacial score (nSPS) is 15.5. The summed E-state index contributed by atoms with van der Waals surface area (Å²) >= 11 is 6.40. The lowest BCUT2D eigenvalue weighted by molar-refractivity contribution is -0.117. The van der Waals surface area contributed by atoms with E-state index in [1.807, 2.05) is 0 Å². The molecule has 0 aliphatic carbocycles. The van der Waals surface area contributed by atoms with Gasteiger partial charge in [0.05, 0.1) is 6.20 Å². The van der Waals surface area contributed by atoms with Crippen LogP contribution in [0.5, 0.6) is 0 Å². The van der Waals surface area contributed by atoms with E-state index in [-0.39, 0.29) is 17.6 Å². The molecule has 10 heteroatoms. The van der Waals surface area contributed by atoms with Crippen molar-refractivity contribution in [3.8, 4) is 0 Å². The molecule has 0 bridgehead atoms. The quantitative estimate of drug-likeness (QED) is 0.202. The molecule has 0 saturated carbocycles. The molecule has 0 atom stereocenters. The van der Waals surface area contributed by atoms with Crippen molar-refractivity contribution in [3.63, 3.8) is 0 Å². The van der Waals surface area contributed by atoms with E-state index in [0.29, 0.717) is 5.03 Å². The third-order valence-electron chi connectivity index (χ3n) is 1.51. The summed E-state index contributed by atoms with van der Waals surface area (Å²) in [6.45, 7) is 0. The standard InChI is InChI=1S/C7H10ClN5O3S/c1-16-11-7(6(9)15)13-3-5(17-12-13)10-4(14)2-8/h3,12H,2H2,1H3,(H2,9,15)(H,10,14)/b11-7+. The van der Waals surface area contributed by atoms with Crippen LogP contribution < -0.4 is 15.9 Å². The number of amides is 2. The zero-order valence-corrected chi connectivity index (χ0v) is 10.3. The molecule has 0 fully saturated rings. The van der Waals surface area contributed by atoms with E-state index in [2.05, 4.69) is 20.1 Å². The van der Waals surface area contributed by atoms with Crippen LogP contribution in [0.1, 0.15) is 0 Å². The second-order valence-electron chi connectivity index (χ2n) is 2.70. The Morgan fingerprint density at radius 1 is 1.76 bits per heavy atom. The maximum absolute atomic E-state index is 11.0. The number of oxime groups is 1. The number of halogens is 1. The van der Waals surface area contributed by atoms with Crippen molar-refractivity contribution in [3.05, 3.63) is 11.2 Å². The summed E-state index contributed by atoms with van der Waals surface area (Å²) in [5.74, 6) is -1.44. The van der Waals surface area contributed by atoms with Gasteiger partial charge < -0.3 is 15.9 Å². The van der Waals surface area contributed by atoms with Gasteiger partial charge in [0, 0.05) is 0 Å². The molecule has 0 spiro atoms. The van der Waals surface area contributed by atoms with Crippen molar-refractivity contribution >= 4 is 41.2 Å². The molecule has 0 aromatic heterocycles. The van der Waals surface area contributed by atoms with Crippen molar-refractivity contribution in [2.45, 2.75) is 0 Å². The molecule has 1 rings (SSSR count). The maximum atomic E-state index is 11.0. The average Bonchev–Trinajstić information content (AvgIpc) is 2.73. The highest BCUT2D eigenvalue weighted by Gasteiger charge is 2.23. The Morgan fingerprint density at radius 3 is 3.00 bits per heavy atom. The zero-order valence-electron chi connectivity index (χ0n) is 8.77. The van der Waals surface area contributed by atoms with Gasteiger partial charge in [0.1, 0.15) is 18.0 Å². The fraction of sp³-hybridized carbons (Fsp3) is 0.286. The molecule has 1 aliphatic heterocycles. The van der Waals surface area contributed by atoms with E-state index in [9.17, 15) is 9.59 Å². The number of hydrogen-bond donors (Lipinski definition) is 3. The molecule has 0 unspecified atom stereocenters. The van der Waals surface area contributed by atoms with Gasteiger partial charge in [0.15, 0.2) is 0 Å². The van der Waals surface area contributed by atoms with Gasteiger partial charge in [-0.15, -0.1) is 11.6 Å². The molecule has 0 aromatic rings. The number of nitrogens with one attached hydrogen (secondary N) is 2. The van der Waals surface area contributed by atoms with Crippen LogP contribution in [0.15, 0.2) is 16.4 Å². The minimum Gasteiger partial charge on any atom is -0.397 e. The van der Waals surface area contributed by atoms with Crippen molar-refractivity contribution in [2.75, 3.05) is 13.0 Å². The summed E-state index contributed by atoms with van der Waals surface area (Å²) in [5, 5.41) is 7.63. The lowest BCUT2D eigenvalue weighted by atomic mass is 10.5. The van der Waals surface area contributed by atoms with Crippen molar-refractivity contribution < 1.29 is 14.4 Å². The summed E-state index contributed by atoms with van der Waals surface area (Å²) in [7, 11) is 1.28. The molecule has 8 nitrogen and oxygen atoms in total. The summed E-state index contributed by atoms with van der Waals surface area (Å²) in [6.07, 6.45) is 1.43. The predicted octanol–water partition coefficient (Wildman–Crippen LogP) is -0.946. The number of rotatable bonds is 3. The first kappa shape index (κ1) is 13.6. The highest BCUT2D eigenvalue weighted by molar-refractivity contribution is 8.01. The molecule has 17 heavy (non-hydrogen) atoms. The van der Waals surface area contributed by atoms with Gasteiger partial charge in [0.25, 0.3) is 11.7 Å². The molecule has 0 saturated heterocycles. The predicted molar refractivity (Wildman–Crippen MR) is 63.1 cm³/mol. The SMILES string of the molecule is CO/N=C(\C(N)=O)N1C=C(NC(=O)CCl)SN1. The lowest BCUT2D eigenvalue weighted by Gasteiger charge is -2.12. The van der Waals surface area contributed by atoms with E-state index < -0.39 is 5.91 Å². The topological polar surface area (TPSA) is 109 Å². The highest BCUT2D eigenvalue weighted by Crippen LogP contribution is 2.17. The van der Waals surface area contributed by atoms with E-state index in [1.165, 1.54) is 18.3 Å². The molecule has 1 heterocycles. The molecular formula is C7H10ClN5O3S. The first-order valence-corrected chi connectivity index (χ1v) is 5.64. The first-order valence-electron chi connectivity index (χ1n) is 4.28. The lowest BCUT2D eigenvalue weighted by Crippen LogP contribution is -2.40. The third-order valence-corrected chi connectivity index (χ3v) is 2.47. The van der Waals surface area contributed by atoms with Gasteiger partial charge in [-0.05, 0) is 11.9 Å². The second-order valence-corrected chi connectivity index (χ2v) is 3.79. The Hall–Kier alpha value is -1.45. The van der Waals surface area contributed by atoms with Gasteiger partial charge in [-0.25, -0.2) is 5.01 Å². The van der Waals surface area contributed by atoms with Gasteiger partial charge in [-0.2, -0.15) is 4.83 Å². The Kier molecular flexibility index (Phi) is 5.07. The van der Waals surface area contributed by atoms with Crippen molar-refractivity contribution in [2.24, 2.45) is 10.9 Å². The summed E-state index contributed by atoms with van der Waals surface area (Å²) < 4.78 is 0. The van der Waals surface area contributed by atoms with E-state index in [1.54, 1.807) is 0 Å². The van der Waals surface area contributed by atoms with E-state index >= 15 is 0 Å². The number of alkyl halides is 1. The number of nitrogens with two attached hydrogens (primary N) is 1. The van der Waals surface area contributed by atoms with E-state index in [4.69, 9.17) is 17.3 Å². The summed E-state index contributed by atoms with van der Waals surface area (Å²) in [6, 6.07) is 0. The Balaban J connectivity index is 2.72. The van der Waals surface area contributed by atoms with Crippen molar-refractivity contribution in [1.29, 1.82) is 0 Å². The van der Waals surface area contributed by atoms with Gasteiger partial charge >= 0.3 is 0 Å². The fourth-order valence-electron chi connectivity index (χ4n) is 0.895. The van der Waals surface area contributed by atoms with Crippen LogP contribution in [0.3, 0.4) is 0 Å². The maximum Gasteiger partial charge on any atom is 0.289 e. The van der Waals surface area contributed by atoms with Gasteiger partial charge in [0.2, 0.25) is 5.91 Å². The second kappa shape index (κ2) is 6.33. The molecule has 1 aliphatic rings. The molecular weight excluding hydrogens is 270 g/mol. The summed E-state index contributed by atoms with van der Waals surface area (Å²) in [5.41, 5.74) is 5.10. The first-order chi connectivity index (χ1) is 8.08. The third kappa shape index (κ3) is 3.80. The van der Waals surface area contributed by atoms with Crippen molar-refractivity contribution in [1.82, 2.24) is 15.2 Å². The van der Waals surface area contributed by atoms with Crippen LogP contribution in [-0.2, 0) is 14.4 Å².